The lowest BCUT2D eigenvalue weighted by atomic mass is 9.96. The van der Waals surface area contributed by atoms with E-state index >= 15 is 0 Å². The molecule has 1 fully saturated rings. The van der Waals surface area contributed by atoms with E-state index in [1.165, 1.54) is 6.42 Å². The van der Waals surface area contributed by atoms with Gasteiger partial charge in [0.2, 0.25) is 0 Å². The summed E-state index contributed by atoms with van der Waals surface area (Å²) in [5.74, 6) is 1.65. The molecule has 0 aliphatic carbocycles. The van der Waals surface area contributed by atoms with Crippen LogP contribution in [-0.4, -0.2) is 20.2 Å². The molecule has 1 heterocycles. The van der Waals surface area contributed by atoms with Gasteiger partial charge >= 0.3 is 0 Å². The van der Waals surface area contributed by atoms with Crippen LogP contribution in [0.15, 0.2) is 12.1 Å². The third kappa shape index (κ3) is 2.33. The quantitative estimate of drug-likeness (QED) is 0.876. The van der Waals surface area contributed by atoms with E-state index in [2.05, 4.69) is 12.2 Å². The lowest BCUT2D eigenvalue weighted by Crippen LogP contribution is -2.11. The van der Waals surface area contributed by atoms with Crippen molar-refractivity contribution in [3.63, 3.8) is 0 Å². The minimum Gasteiger partial charge on any atom is -0.496 e. The smallest absolute Gasteiger partial charge is 0.126 e. The maximum atomic E-state index is 6.26. The fourth-order valence-electron chi connectivity index (χ4n) is 2.37. The molecule has 0 saturated carbocycles. The van der Waals surface area contributed by atoms with Crippen molar-refractivity contribution in [2.75, 3.05) is 20.2 Å². The summed E-state index contributed by atoms with van der Waals surface area (Å²) in [5, 5.41) is 4.21. The average molecular weight is 240 g/mol. The van der Waals surface area contributed by atoms with Gasteiger partial charge in [-0.2, -0.15) is 0 Å². The molecule has 1 atom stereocenters. The summed E-state index contributed by atoms with van der Waals surface area (Å²) in [6.45, 7) is 4.27. The third-order valence-corrected chi connectivity index (χ3v) is 3.61. The van der Waals surface area contributed by atoms with E-state index in [0.29, 0.717) is 5.92 Å². The molecule has 0 spiro atoms. The summed E-state index contributed by atoms with van der Waals surface area (Å²) in [6.07, 6.45) is 2.24. The number of halogens is 1. The van der Waals surface area contributed by atoms with Crippen molar-refractivity contribution < 1.29 is 4.74 Å². The van der Waals surface area contributed by atoms with Crippen LogP contribution < -0.4 is 10.1 Å². The van der Waals surface area contributed by atoms with Gasteiger partial charge in [-0.15, -0.1) is 0 Å². The van der Waals surface area contributed by atoms with Crippen LogP contribution >= 0.6 is 11.6 Å². The first-order chi connectivity index (χ1) is 7.72. The molecule has 0 aromatic heterocycles. The van der Waals surface area contributed by atoms with Crippen LogP contribution in [0.2, 0.25) is 5.02 Å². The van der Waals surface area contributed by atoms with Gasteiger partial charge in [0, 0.05) is 10.6 Å². The normalized spacial score (nSPS) is 20.1. The Kier molecular flexibility index (Phi) is 3.72. The molecule has 1 N–H and O–H groups in total. The van der Waals surface area contributed by atoms with Gasteiger partial charge in [-0.05, 0) is 50.4 Å². The average Bonchev–Trinajstić information content (AvgIpc) is 2.77. The van der Waals surface area contributed by atoms with Gasteiger partial charge in [-0.3, -0.25) is 0 Å². The minimum atomic E-state index is 0.688. The molecular weight excluding hydrogens is 222 g/mol. The number of rotatable bonds is 3. The zero-order valence-corrected chi connectivity index (χ0v) is 10.6. The molecule has 1 aliphatic rings. The molecule has 16 heavy (non-hydrogen) atoms. The number of ether oxygens (including phenoxy) is 1. The molecule has 0 bridgehead atoms. The van der Waals surface area contributed by atoms with Gasteiger partial charge in [-0.1, -0.05) is 17.7 Å². The lowest BCUT2D eigenvalue weighted by molar-refractivity contribution is 0.402. The molecule has 1 aromatic carbocycles. The fourth-order valence-corrected chi connectivity index (χ4v) is 2.60. The van der Waals surface area contributed by atoms with Gasteiger partial charge in [0.15, 0.2) is 0 Å². The summed E-state index contributed by atoms with van der Waals surface area (Å²) < 4.78 is 5.46. The zero-order chi connectivity index (χ0) is 11.5. The minimum absolute atomic E-state index is 0.688. The molecule has 88 valence electrons. The molecule has 2 rings (SSSR count). The Bertz CT molecular complexity index is 372. The SMILES string of the molecule is COc1c(C)ccc(Cl)c1CC1CCNC1. The summed E-state index contributed by atoms with van der Waals surface area (Å²) in [7, 11) is 1.72. The molecule has 2 nitrogen and oxygen atoms in total. The Hall–Kier alpha value is -0.730. The Morgan fingerprint density at radius 1 is 1.50 bits per heavy atom. The Labute approximate surface area is 102 Å². The van der Waals surface area contributed by atoms with E-state index in [0.717, 1.165) is 41.4 Å². The zero-order valence-electron chi connectivity index (χ0n) is 9.85. The molecule has 0 radical (unpaired) electrons. The van der Waals surface area contributed by atoms with E-state index in [1.807, 2.05) is 12.1 Å². The van der Waals surface area contributed by atoms with Gasteiger partial charge in [-0.25, -0.2) is 0 Å². The van der Waals surface area contributed by atoms with Crippen LogP contribution in [0.5, 0.6) is 5.75 Å². The highest BCUT2D eigenvalue weighted by molar-refractivity contribution is 6.31. The molecule has 1 unspecified atom stereocenters. The van der Waals surface area contributed by atoms with Crippen LogP contribution in [0.25, 0.3) is 0 Å². The molecular formula is C13H18ClNO. The van der Waals surface area contributed by atoms with E-state index in [9.17, 15) is 0 Å². The Balaban J connectivity index is 2.26. The summed E-state index contributed by atoms with van der Waals surface area (Å²) >= 11 is 6.26. The van der Waals surface area contributed by atoms with Crippen molar-refractivity contribution in [1.29, 1.82) is 0 Å². The van der Waals surface area contributed by atoms with Crippen LogP contribution in [0.1, 0.15) is 17.5 Å². The van der Waals surface area contributed by atoms with Crippen LogP contribution in [0, 0.1) is 12.8 Å². The van der Waals surface area contributed by atoms with E-state index in [1.54, 1.807) is 7.11 Å². The second-order valence-corrected chi connectivity index (χ2v) is 4.85. The first-order valence-electron chi connectivity index (χ1n) is 5.75. The first-order valence-corrected chi connectivity index (χ1v) is 6.13. The van der Waals surface area contributed by atoms with Gasteiger partial charge < -0.3 is 10.1 Å². The number of methoxy groups -OCH3 is 1. The van der Waals surface area contributed by atoms with Crippen molar-refractivity contribution in [2.24, 2.45) is 5.92 Å². The monoisotopic (exact) mass is 239 g/mol. The van der Waals surface area contributed by atoms with Crippen molar-refractivity contribution in [1.82, 2.24) is 5.32 Å². The summed E-state index contributed by atoms with van der Waals surface area (Å²) in [4.78, 5) is 0. The molecule has 1 saturated heterocycles. The van der Waals surface area contributed by atoms with Crippen molar-refractivity contribution >= 4 is 11.6 Å². The third-order valence-electron chi connectivity index (χ3n) is 3.26. The Morgan fingerprint density at radius 2 is 2.31 bits per heavy atom. The first kappa shape index (κ1) is 11.7. The predicted molar refractivity (Wildman–Crippen MR) is 67.4 cm³/mol. The van der Waals surface area contributed by atoms with Gasteiger partial charge in [0.1, 0.15) is 5.75 Å². The maximum absolute atomic E-state index is 6.26. The Morgan fingerprint density at radius 3 is 2.94 bits per heavy atom. The fraction of sp³-hybridized carbons (Fsp3) is 0.538. The molecule has 0 amide bonds. The maximum Gasteiger partial charge on any atom is 0.126 e. The number of nitrogens with one attached hydrogen (secondary N) is 1. The summed E-state index contributed by atoms with van der Waals surface area (Å²) in [6, 6.07) is 3.98. The van der Waals surface area contributed by atoms with Gasteiger partial charge in [0.05, 0.1) is 7.11 Å². The highest BCUT2D eigenvalue weighted by Crippen LogP contribution is 2.33. The highest BCUT2D eigenvalue weighted by Gasteiger charge is 2.19. The second-order valence-electron chi connectivity index (χ2n) is 4.44. The second kappa shape index (κ2) is 5.07. The van der Waals surface area contributed by atoms with E-state index in [-0.39, 0.29) is 0 Å². The van der Waals surface area contributed by atoms with Gasteiger partial charge in [0.25, 0.3) is 0 Å². The van der Waals surface area contributed by atoms with Crippen LogP contribution in [0.3, 0.4) is 0 Å². The largest absolute Gasteiger partial charge is 0.496 e. The number of benzene rings is 1. The predicted octanol–water partition coefficient (Wildman–Crippen LogP) is 2.81. The standard InChI is InChI=1S/C13H18ClNO/c1-9-3-4-12(14)11(13(9)16-2)7-10-5-6-15-8-10/h3-4,10,15H,5-8H2,1-2H3. The number of hydrogen-bond acceptors (Lipinski definition) is 2. The van der Waals surface area contributed by atoms with E-state index < -0.39 is 0 Å². The van der Waals surface area contributed by atoms with Crippen molar-refractivity contribution in [3.8, 4) is 5.75 Å². The molecule has 1 aliphatic heterocycles. The summed E-state index contributed by atoms with van der Waals surface area (Å²) in [5.41, 5.74) is 2.32. The number of aryl methyl sites for hydroxylation is 1. The lowest BCUT2D eigenvalue weighted by Gasteiger charge is -2.16. The molecule has 1 aromatic rings. The van der Waals surface area contributed by atoms with E-state index in [4.69, 9.17) is 16.3 Å². The topological polar surface area (TPSA) is 21.3 Å². The van der Waals surface area contributed by atoms with Crippen LogP contribution in [0.4, 0.5) is 0 Å². The van der Waals surface area contributed by atoms with Crippen molar-refractivity contribution in [3.05, 3.63) is 28.3 Å². The highest BCUT2D eigenvalue weighted by atomic mass is 35.5. The van der Waals surface area contributed by atoms with Crippen LogP contribution in [-0.2, 0) is 6.42 Å². The van der Waals surface area contributed by atoms with Crippen molar-refractivity contribution in [2.45, 2.75) is 19.8 Å². The molecule has 3 heteroatoms. The number of hydrogen-bond donors (Lipinski definition) is 1.